The lowest BCUT2D eigenvalue weighted by molar-refractivity contribution is -0.126. The molecular formula is C20H20ClN5O. The van der Waals surface area contributed by atoms with E-state index in [9.17, 15) is 4.79 Å². The minimum atomic E-state index is -1.42. The topological polar surface area (TPSA) is 99.8 Å². The van der Waals surface area contributed by atoms with E-state index in [-0.39, 0.29) is 0 Å². The molecule has 1 unspecified atom stereocenters. The molecule has 0 aliphatic heterocycles. The first-order valence-electron chi connectivity index (χ1n) is 8.74. The number of halogens is 1. The van der Waals surface area contributed by atoms with Gasteiger partial charge >= 0.3 is 0 Å². The molecule has 7 heteroatoms. The highest BCUT2D eigenvalue weighted by molar-refractivity contribution is 6.31. The number of fused-ring (bicyclic) bond motifs is 4. The van der Waals surface area contributed by atoms with Gasteiger partial charge in [0.05, 0.1) is 16.6 Å². The number of carbonyl (C=O) groups excluding carboxylic acids is 1. The molecule has 4 N–H and O–H groups in total. The van der Waals surface area contributed by atoms with Crippen LogP contribution < -0.4 is 11.5 Å². The van der Waals surface area contributed by atoms with Crippen LogP contribution in [0.15, 0.2) is 30.3 Å². The van der Waals surface area contributed by atoms with Crippen LogP contribution >= 0.6 is 11.6 Å². The Kier molecular flexibility index (Phi) is 3.87. The number of nitrogens with zero attached hydrogens (tertiary/aromatic N) is 3. The van der Waals surface area contributed by atoms with Gasteiger partial charge < -0.3 is 11.5 Å². The van der Waals surface area contributed by atoms with Crippen molar-refractivity contribution >= 4 is 50.6 Å². The predicted molar refractivity (Wildman–Crippen MR) is 109 cm³/mol. The fourth-order valence-corrected chi connectivity index (χ4v) is 3.66. The summed E-state index contributed by atoms with van der Waals surface area (Å²) in [6, 6.07) is 9.38. The first-order chi connectivity index (χ1) is 12.8. The summed E-state index contributed by atoms with van der Waals surface area (Å²) in [7, 11) is 0. The zero-order chi connectivity index (χ0) is 19.5. The van der Waals surface area contributed by atoms with Crippen LogP contribution in [0, 0.1) is 13.8 Å². The number of nitrogens with two attached hydrogens (primary N) is 2. The van der Waals surface area contributed by atoms with Crippen LogP contribution in [-0.4, -0.2) is 20.4 Å². The zero-order valence-corrected chi connectivity index (χ0v) is 16.1. The molecule has 27 heavy (non-hydrogen) atoms. The Hall–Kier alpha value is -2.70. The molecule has 0 saturated heterocycles. The summed E-state index contributed by atoms with van der Waals surface area (Å²) >= 11 is 6.22. The third-order valence-electron chi connectivity index (χ3n) is 5.29. The quantitative estimate of drug-likeness (QED) is 0.567. The summed E-state index contributed by atoms with van der Waals surface area (Å²) in [5.41, 5.74) is 16.4. The Morgan fingerprint density at radius 1 is 1.15 bits per heavy atom. The monoisotopic (exact) mass is 381 g/mol. The second kappa shape index (κ2) is 5.90. The molecule has 0 aliphatic carbocycles. The minimum absolute atomic E-state index is 0.316. The van der Waals surface area contributed by atoms with Crippen molar-refractivity contribution in [2.24, 2.45) is 11.5 Å². The van der Waals surface area contributed by atoms with E-state index in [1.807, 2.05) is 45.0 Å². The molecule has 2 aromatic heterocycles. The summed E-state index contributed by atoms with van der Waals surface area (Å²) < 4.78 is 1.69. The molecule has 0 saturated carbocycles. The summed E-state index contributed by atoms with van der Waals surface area (Å²) in [6.07, 6.45) is 0.316. The van der Waals surface area contributed by atoms with Crippen molar-refractivity contribution in [3.8, 4) is 0 Å². The summed E-state index contributed by atoms with van der Waals surface area (Å²) in [4.78, 5) is 21.9. The predicted octanol–water partition coefficient (Wildman–Crippen LogP) is 3.51. The van der Waals surface area contributed by atoms with Crippen LogP contribution in [0.25, 0.3) is 33.1 Å². The number of aromatic nitrogens is 3. The fraction of sp³-hybridized carbons (Fsp3) is 0.250. The first kappa shape index (κ1) is 17.7. The summed E-state index contributed by atoms with van der Waals surface area (Å²) in [6.45, 7) is 5.88. The summed E-state index contributed by atoms with van der Waals surface area (Å²) in [5, 5.41) is 1.36. The van der Waals surface area contributed by atoms with Crippen molar-refractivity contribution in [2.75, 3.05) is 0 Å². The lowest BCUT2D eigenvalue weighted by Gasteiger charge is -2.27. The molecule has 0 bridgehead atoms. The third-order valence-corrected chi connectivity index (χ3v) is 5.53. The Balaban J connectivity index is 2.25. The fourth-order valence-electron chi connectivity index (χ4n) is 3.49. The van der Waals surface area contributed by atoms with Crippen molar-refractivity contribution in [2.45, 2.75) is 32.9 Å². The number of aryl methyl sites for hydroxylation is 2. The average Bonchev–Trinajstić information content (AvgIpc) is 2.93. The number of hydrogen-bond acceptors (Lipinski definition) is 4. The van der Waals surface area contributed by atoms with E-state index in [1.165, 1.54) is 0 Å². The summed E-state index contributed by atoms with van der Waals surface area (Å²) in [5.74, 6) is -0.624. The van der Waals surface area contributed by atoms with E-state index in [0.29, 0.717) is 22.6 Å². The maximum Gasteiger partial charge on any atom is 0.258 e. The molecule has 2 aromatic carbocycles. The molecule has 2 heterocycles. The number of amides is 1. The maximum atomic E-state index is 12.3. The molecule has 0 spiro atoms. The highest BCUT2D eigenvalue weighted by Crippen LogP contribution is 2.34. The van der Waals surface area contributed by atoms with Gasteiger partial charge in [-0.25, -0.2) is 9.97 Å². The minimum Gasteiger partial charge on any atom is -0.366 e. The maximum absolute atomic E-state index is 12.3. The SMILES string of the molecule is CCC(N)(C(N)=O)n1c2ccc(Cl)cc2c2nc3cc(C)c(C)cc3nc21. The van der Waals surface area contributed by atoms with Gasteiger partial charge in [-0.2, -0.15) is 0 Å². The number of benzene rings is 2. The van der Waals surface area contributed by atoms with E-state index < -0.39 is 11.6 Å². The van der Waals surface area contributed by atoms with Gasteiger partial charge in [-0.3, -0.25) is 9.36 Å². The van der Waals surface area contributed by atoms with E-state index >= 15 is 0 Å². The molecule has 6 nitrogen and oxygen atoms in total. The van der Waals surface area contributed by atoms with Gasteiger partial charge in [0.2, 0.25) is 0 Å². The molecule has 138 valence electrons. The molecule has 4 aromatic rings. The van der Waals surface area contributed by atoms with Gasteiger partial charge in [0.15, 0.2) is 11.3 Å². The highest BCUT2D eigenvalue weighted by atomic mass is 35.5. The first-order valence-corrected chi connectivity index (χ1v) is 9.12. The molecule has 0 radical (unpaired) electrons. The van der Waals surface area contributed by atoms with Gasteiger partial charge in [-0.1, -0.05) is 18.5 Å². The van der Waals surface area contributed by atoms with Gasteiger partial charge in [0, 0.05) is 10.4 Å². The number of primary amides is 1. The van der Waals surface area contributed by atoms with E-state index in [1.54, 1.807) is 10.6 Å². The lowest BCUT2D eigenvalue weighted by Crippen LogP contribution is -2.53. The van der Waals surface area contributed by atoms with Crippen molar-refractivity contribution < 1.29 is 4.79 Å². The number of hydrogen-bond donors (Lipinski definition) is 2. The molecular weight excluding hydrogens is 362 g/mol. The third kappa shape index (κ3) is 2.48. The smallest absolute Gasteiger partial charge is 0.258 e. The highest BCUT2D eigenvalue weighted by Gasteiger charge is 2.36. The number of rotatable bonds is 3. The molecule has 0 fully saturated rings. The molecule has 0 aliphatic rings. The van der Waals surface area contributed by atoms with E-state index in [0.717, 1.165) is 33.1 Å². The average molecular weight is 382 g/mol. The Bertz CT molecular complexity index is 1250. The Morgan fingerprint density at radius 3 is 2.37 bits per heavy atom. The Morgan fingerprint density at radius 2 is 1.78 bits per heavy atom. The second-order valence-corrected chi connectivity index (χ2v) is 7.40. The van der Waals surface area contributed by atoms with E-state index in [2.05, 4.69) is 0 Å². The van der Waals surface area contributed by atoms with Crippen LogP contribution in [0.2, 0.25) is 5.02 Å². The lowest BCUT2D eigenvalue weighted by atomic mass is 10.1. The van der Waals surface area contributed by atoms with E-state index in [4.69, 9.17) is 33.0 Å². The van der Waals surface area contributed by atoms with Gasteiger partial charge in [-0.15, -0.1) is 0 Å². The Labute approximate surface area is 161 Å². The van der Waals surface area contributed by atoms with Crippen LogP contribution in [0.4, 0.5) is 0 Å². The normalized spacial score (nSPS) is 14.1. The van der Waals surface area contributed by atoms with Crippen LogP contribution in [0.3, 0.4) is 0 Å². The van der Waals surface area contributed by atoms with Crippen LogP contribution in [0.5, 0.6) is 0 Å². The second-order valence-electron chi connectivity index (χ2n) is 6.96. The largest absolute Gasteiger partial charge is 0.366 e. The number of carbonyl (C=O) groups is 1. The zero-order valence-electron chi connectivity index (χ0n) is 15.4. The van der Waals surface area contributed by atoms with Gasteiger partial charge in [-0.05, 0) is 61.7 Å². The van der Waals surface area contributed by atoms with Gasteiger partial charge in [0.1, 0.15) is 5.52 Å². The van der Waals surface area contributed by atoms with Crippen LogP contribution in [-0.2, 0) is 10.5 Å². The van der Waals surface area contributed by atoms with Crippen molar-refractivity contribution in [1.29, 1.82) is 0 Å². The van der Waals surface area contributed by atoms with Crippen molar-refractivity contribution in [3.05, 3.63) is 46.5 Å². The molecule has 4 rings (SSSR count). The molecule has 1 atom stereocenters. The van der Waals surface area contributed by atoms with Crippen molar-refractivity contribution in [1.82, 2.24) is 14.5 Å². The van der Waals surface area contributed by atoms with Crippen LogP contribution in [0.1, 0.15) is 24.5 Å². The van der Waals surface area contributed by atoms with Crippen molar-refractivity contribution in [3.63, 3.8) is 0 Å². The standard InChI is InChI=1S/C20H20ClN5O/c1-4-20(23,19(22)27)26-16-6-5-12(21)9-13(16)17-18(26)25-15-8-11(3)10(2)7-14(15)24-17/h5-9H,4,23H2,1-3H3,(H2,22,27). The molecule has 1 amide bonds. The van der Waals surface area contributed by atoms with Gasteiger partial charge in [0.25, 0.3) is 5.91 Å².